The zero-order chi connectivity index (χ0) is 24.9. The average molecular weight is 490 g/mol. The first-order valence-corrected chi connectivity index (χ1v) is 13.2. The van der Waals surface area contributed by atoms with E-state index in [1.165, 1.54) is 22.0 Å². The van der Waals surface area contributed by atoms with Crippen LogP contribution in [0.5, 0.6) is 0 Å². The van der Waals surface area contributed by atoms with Crippen LogP contribution in [0.4, 0.5) is 0 Å². The van der Waals surface area contributed by atoms with E-state index in [1.807, 2.05) is 12.1 Å². The molecule has 5 aromatic rings. The molecule has 2 N–H and O–H groups in total. The van der Waals surface area contributed by atoms with Crippen LogP contribution in [0.15, 0.2) is 67.4 Å². The quantitative estimate of drug-likeness (QED) is 0.382. The van der Waals surface area contributed by atoms with Crippen molar-refractivity contribution in [3.63, 3.8) is 0 Å². The zero-order valence-corrected chi connectivity index (χ0v) is 21.0. The molecule has 7 heteroatoms. The molecule has 0 radical (unpaired) electrons. The van der Waals surface area contributed by atoms with E-state index in [4.69, 9.17) is 10.7 Å². The van der Waals surface area contributed by atoms with Crippen LogP contribution in [-0.2, 0) is 19.5 Å². The van der Waals surface area contributed by atoms with Gasteiger partial charge in [-0.3, -0.25) is 0 Å². The van der Waals surface area contributed by atoms with Gasteiger partial charge in [0.1, 0.15) is 0 Å². The summed E-state index contributed by atoms with van der Waals surface area (Å²) in [5.74, 6) is 1.01. The van der Waals surface area contributed by atoms with E-state index < -0.39 is 0 Å². The van der Waals surface area contributed by atoms with Gasteiger partial charge in [0.2, 0.25) is 0 Å². The van der Waals surface area contributed by atoms with Crippen molar-refractivity contribution < 1.29 is 0 Å². The number of benzene rings is 2. The van der Waals surface area contributed by atoms with Crippen molar-refractivity contribution in [2.45, 2.75) is 44.8 Å². The molecule has 2 aliphatic rings. The predicted molar refractivity (Wildman–Crippen MR) is 148 cm³/mol. The Morgan fingerprint density at radius 2 is 1.97 bits per heavy atom. The van der Waals surface area contributed by atoms with Gasteiger partial charge in [0, 0.05) is 48.5 Å². The average Bonchev–Trinajstić information content (AvgIpc) is 3.48. The first kappa shape index (κ1) is 22.2. The van der Waals surface area contributed by atoms with Crippen LogP contribution in [0.3, 0.4) is 0 Å². The minimum atomic E-state index is 0.217. The summed E-state index contributed by atoms with van der Waals surface area (Å²) < 4.78 is 4.74. The third-order valence-electron chi connectivity index (χ3n) is 7.91. The van der Waals surface area contributed by atoms with Gasteiger partial charge in [-0.15, -0.1) is 0 Å². The Labute approximate surface area is 216 Å². The third kappa shape index (κ3) is 3.81. The molecular formula is C30H31N7. The van der Waals surface area contributed by atoms with Gasteiger partial charge in [0.05, 0.1) is 29.0 Å². The second-order valence-electron chi connectivity index (χ2n) is 10.4. The van der Waals surface area contributed by atoms with Crippen LogP contribution in [0.2, 0.25) is 0 Å². The number of nitrogens with zero attached hydrogens (tertiary/aromatic N) is 6. The maximum Gasteiger partial charge on any atom is 0.157 e. The maximum atomic E-state index is 6.28. The molecule has 2 aromatic carbocycles. The fourth-order valence-corrected chi connectivity index (χ4v) is 6.14. The molecular weight excluding hydrogens is 458 g/mol. The number of likely N-dealkylation sites (tertiary alicyclic amines) is 1. The van der Waals surface area contributed by atoms with Crippen LogP contribution in [-0.4, -0.2) is 48.3 Å². The number of aromatic nitrogens is 5. The number of nitrogens with two attached hydrogens (primary N) is 1. The third-order valence-corrected chi connectivity index (χ3v) is 7.91. The normalized spacial score (nSPS) is 17.5. The summed E-state index contributed by atoms with van der Waals surface area (Å²) in [5, 5.41) is 9.67. The van der Waals surface area contributed by atoms with Gasteiger partial charge in [-0.25, -0.2) is 4.98 Å². The SMILES string of the molecule is C=C(c1cc2c3c(c1)nc(-c1cc4ccccc4n1Cc1cccnn1)n3CCC2)N1CCCC(N)C1. The van der Waals surface area contributed by atoms with Crippen molar-refractivity contribution >= 4 is 27.6 Å². The Balaban J connectivity index is 1.37. The summed E-state index contributed by atoms with van der Waals surface area (Å²) in [5.41, 5.74) is 15.4. The minimum absolute atomic E-state index is 0.217. The van der Waals surface area contributed by atoms with E-state index in [0.29, 0.717) is 6.54 Å². The van der Waals surface area contributed by atoms with Gasteiger partial charge in [-0.05, 0) is 73.2 Å². The Morgan fingerprint density at radius 3 is 2.84 bits per heavy atom. The van der Waals surface area contributed by atoms with Crippen molar-refractivity contribution in [3.8, 4) is 11.5 Å². The number of imidazole rings is 1. The highest BCUT2D eigenvalue weighted by atomic mass is 15.2. The molecule has 5 heterocycles. The highest BCUT2D eigenvalue weighted by Crippen LogP contribution is 2.36. The number of aryl methyl sites for hydroxylation is 2. The second kappa shape index (κ2) is 8.85. The molecule has 2 aliphatic heterocycles. The molecule has 0 aliphatic carbocycles. The molecule has 186 valence electrons. The van der Waals surface area contributed by atoms with E-state index in [1.54, 1.807) is 6.20 Å². The van der Waals surface area contributed by atoms with E-state index in [-0.39, 0.29) is 6.04 Å². The predicted octanol–water partition coefficient (Wildman–Crippen LogP) is 4.84. The zero-order valence-electron chi connectivity index (χ0n) is 21.0. The lowest BCUT2D eigenvalue weighted by Gasteiger charge is -2.34. The largest absolute Gasteiger partial charge is 0.370 e. The van der Waals surface area contributed by atoms with Gasteiger partial charge in [-0.1, -0.05) is 24.8 Å². The Hall–Kier alpha value is -3.97. The van der Waals surface area contributed by atoms with Crippen LogP contribution >= 0.6 is 0 Å². The van der Waals surface area contributed by atoms with Crippen molar-refractivity contribution in [1.82, 2.24) is 29.2 Å². The number of rotatable bonds is 5. The van der Waals surface area contributed by atoms with E-state index in [0.717, 1.165) is 79.3 Å². The summed E-state index contributed by atoms with van der Waals surface area (Å²) >= 11 is 0. The Kier molecular flexibility index (Phi) is 5.32. The maximum absolute atomic E-state index is 6.28. The molecule has 1 unspecified atom stereocenters. The summed E-state index contributed by atoms with van der Waals surface area (Å²) in [7, 11) is 0. The van der Waals surface area contributed by atoms with Crippen molar-refractivity contribution in [2.24, 2.45) is 5.73 Å². The molecule has 37 heavy (non-hydrogen) atoms. The summed E-state index contributed by atoms with van der Waals surface area (Å²) in [6.45, 7) is 7.97. The number of piperidine rings is 1. The Morgan fingerprint density at radius 1 is 1.05 bits per heavy atom. The molecule has 7 nitrogen and oxygen atoms in total. The molecule has 3 aromatic heterocycles. The van der Waals surface area contributed by atoms with Crippen LogP contribution < -0.4 is 5.73 Å². The van der Waals surface area contributed by atoms with Gasteiger partial charge < -0.3 is 19.8 Å². The van der Waals surface area contributed by atoms with Crippen LogP contribution in [0, 0.1) is 0 Å². The van der Waals surface area contributed by atoms with Crippen molar-refractivity contribution in [3.05, 3.63) is 84.2 Å². The van der Waals surface area contributed by atoms with Crippen LogP contribution in [0.1, 0.15) is 36.1 Å². The monoisotopic (exact) mass is 489 g/mol. The standard InChI is InChI=1S/C30H31N7/c1-20(35-13-6-9-24(31)18-35)23-15-22-8-5-14-36-29(22)26(16-23)33-30(36)28-17-21-7-2-3-11-27(21)37(28)19-25-10-4-12-32-34-25/h2-4,7,10-12,15-17,24H,1,5-6,8-9,13-14,18-19,31H2. The number of hydrogen-bond acceptors (Lipinski definition) is 5. The molecule has 0 saturated carbocycles. The number of hydrogen-bond donors (Lipinski definition) is 1. The van der Waals surface area contributed by atoms with Gasteiger partial charge in [-0.2, -0.15) is 10.2 Å². The summed E-state index contributed by atoms with van der Waals surface area (Å²) in [6.07, 6.45) is 6.08. The highest BCUT2D eigenvalue weighted by Gasteiger charge is 2.25. The topological polar surface area (TPSA) is 77.8 Å². The second-order valence-corrected chi connectivity index (χ2v) is 10.4. The lowest BCUT2D eigenvalue weighted by molar-refractivity contribution is 0.296. The summed E-state index contributed by atoms with van der Waals surface area (Å²) in [4.78, 5) is 7.63. The highest BCUT2D eigenvalue weighted by molar-refractivity contribution is 5.91. The first-order valence-electron chi connectivity index (χ1n) is 13.2. The first-order chi connectivity index (χ1) is 18.2. The molecule has 0 spiro atoms. The smallest absolute Gasteiger partial charge is 0.157 e. The van der Waals surface area contributed by atoms with E-state index >= 15 is 0 Å². The molecule has 1 fully saturated rings. The molecule has 1 saturated heterocycles. The van der Waals surface area contributed by atoms with E-state index in [2.05, 4.69) is 73.3 Å². The fraction of sp³-hybridized carbons (Fsp3) is 0.300. The molecule has 1 atom stereocenters. The lowest BCUT2D eigenvalue weighted by Crippen LogP contribution is -2.41. The number of para-hydroxylation sites is 1. The van der Waals surface area contributed by atoms with Crippen LogP contribution in [0.25, 0.3) is 39.2 Å². The fourth-order valence-electron chi connectivity index (χ4n) is 6.14. The molecule has 7 rings (SSSR count). The number of fused-ring (bicyclic) bond motifs is 1. The van der Waals surface area contributed by atoms with Crippen molar-refractivity contribution in [2.75, 3.05) is 13.1 Å². The lowest BCUT2D eigenvalue weighted by atomic mass is 9.98. The van der Waals surface area contributed by atoms with E-state index in [9.17, 15) is 0 Å². The van der Waals surface area contributed by atoms with Gasteiger partial charge in [0.25, 0.3) is 0 Å². The van der Waals surface area contributed by atoms with Gasteiger partial charge >= 0.3 is 0 Å². The molecule has 0 amide bonds. The minimum Gasteiger partial charge on any atom is -0.370 e. The Bertz CT molecular complexity index is 1630. The van der Waals surface area contributed by atoms with Crippen molar-refractivity contribution in [1.29, 1.82) is 0 Å². The van der Waals surface area contributed by atoms with Gasteiger partial charge in [0.15, 0.2) is 5.82 Å². The molecule has 0 bridgehead atoms. The summed E-state index contributed by atoms with van der Waals surface area (Å²) in [6, 6.07) is 19.5.